The highest BCUT2D eigenvalue weighted by Crippen LogP contribution is 2.25. The largest absolute Gasteiger partial charge is 0.255 e. The van der Waals surface area contributed by atoms with Crippen LogP contribution in [-0.4, -0.2) is 4.98 Å². The zero-order valence-corrected chi connectivity index (χ0v) is 9.93. The van der Waals surface area contributed by atoms with E-state index in [2.05, 4.69) is 33.6 Å². The third-order valence-corrected chi connectivity index (χ3v) is 2.88. The second-order valence-corrected chi connectivity index (χ2v) is 4.57. The van der Waals surface area contributed by atoms with Gasteiger partial charge < -0.3 is 0 Å². The van der Waals surface area contributed by atoms with E-state index in [9.17, 15) is 0 Å². The summed E-state index contributed by atoms with van der Waals surface area (Å²) in [6, 6.07) is 5.96. The topological polar surface area (TPSA) is 12.9 Å². The van der Waals surface area contributed by atoms with Crippen LogP contribution in [0.3, 0.4) is 0 Å². The third-order valence-electron chi connectivity index (χ3n) is 1.96. The van der Waals surface area contributed by atoms with Gasteiger partial charge in [0, 0.05) is 15.2 Å². The van der Waals surface area contributed by atoms with Gasteiger partial charge in [0.15, 0.2) is 0 Å². The number of fused-ring (bicyclic) bond motifs is 1. The van der Waals surface area contributed by atoms with Crippen LogP contribution in [0.15, 0.2) is 24.4 Å². The molecule has 0 aliphatic rings. The monoisotopic (exact) mass is 303 g/mol. The van der Waals surface area contributed by atoms with Crippen molar-refractivity contribution >= 4 is 45.1 Å². The van der Waals surface area contributed by atoms with Gasteiger partial charge in [0.05, 0.1) is 10.5 Å². The zero-order valence-electron chi connectivity index (χ0n) is 7.01. The minimum atomic E-state index is 0.770. The van der Waals surface area contributed by atoms with Crippen molar-refractivity contribution in [2.24, 2.45) is 0 Å². The Morgan fingerprint density at radius 2 is 2.15 bits per heavy atom. The van der Waals surface area contributed by atoms with E-state index in [0.29, 0.717) is 0 Å². The molecule has 0 N–H and O–H groups in total. The smallest absolute Gasteiger partial charge is 0.0746 e. The van der Waals surface area contributed by atoms with E-state index < -0.39 is 0 Å². The molecule has 0 spiro atoms. The highest BCUT2D eigenvalue weighted by molar-refractivity contribution is 14.1. The summed E-state index contributed by atoms with van der Waals surface area (Å²) in [7, 11) is 0. The molecule has 2 aromatic rings. The molecule has 0 radical (unpaired) electrons. The van der Waals surface area contributed by atoms with Crippen LogP contribution in [0.25, 0.3) is 10.9 Å². The van der Waals surface area contributed by atoms with Gasteiger partial charge in [-0.1, -0.05) is 17.7 Å². The van der Waals surface area contributed by atoms with Crippen LogP contribution in [0.2, 0.25) is 5.02 Å². The molecule has 0 unspecified atom stereocenters. The molecule has 0 aliphatic carbocycles. The number of hydrogen-bond donors (Lipinski definition) is 0. The zero-order chi connectivity index (χ0) is 9.42. The Bertz CT molecular complexity index is 468. The normalized spacial score (nSPS) is 10.7. The predicted molar refractivity (Wildman–Crippen MR) is 64.2 cm³/mol. The van der Waals surface area contributed by atoms with Gasteiger partial charge in [-0.05, 0) is 47.2 Å². The molecular weight excluding hydrogens is 296 g/mol. The molecule has 0 saturated heterocycles. The van der Waals surface area contributed by atoms with Crippen LogP contribution in [0.1, 0.15) is 5.56 Å². The average Bonchev–Trinajstić information content (AvgIpc) is 2.12. The molecule has 0 bridgehead atoms. The van der Waals surface area contributed by atoms with Gasteiger partial charge in [0.25, 0.3) is 0 Å². The molecule has 0 amide bonds. The minimum Gasteiger partial charge on any atom is -0.255 e. The van der Waals surface area contributed by atoms with Crippen LogP contribution in [0.5, 0.6) is 0 Å². The fourth-order valence-electron chi connectivity index (χ4n) is 1.30. The maximum absolute atomic E-state index is 6.06. The van der Waals surface area contributed by atoms with Crippen molar-refractivity contribution in [2.45, 2.75) is 6.92 Å². The first-order chi connectivity index (χ1) is 6.18. The van der Waals surface area contributed by atoms with E-state index in [4.69, 9.17) is 11.6 Å². The molecular formula is C10H7ClIN. The van der Waals surface area contributed by atoms with Crippen molar-refractivity contribution in [3.63, 3.8) is 0 Å². The average molecular weight is 304 g/mol. The highest BCUT2D eigenvalue weighted by Gasteiger charge is 2.02. The molecule has 1 aromatic carbocycles. The summed E-state index contributed by atoms with van der Waals surface area (Å²) < 4.78 is 1.11. The number of aryl methyl sites for hydroxylation is 1. The number of benzene rings is 1. The van der Waals surface area contributed by atoms with Gasteiger partial charge in [0.1, 0.15) is 0 Å². The van der Waals surface area contributed by atoms with E-state index in [-0.39, 0.29) is 0 Å². The number of pyridine rings is 1. The molecule has 0 saturated carbocycles. The second-order valence-electron chi connectivity index (χ2n) is 2.91. The number of halogens is 2. The maximum Gasteiger partial charge on any atom is 0.0746 e. The lowest BCUT2D eigenvalue weighted by atomic mass is 10.1. The molecule has 0 aliphatic heterocycles. The quantitative estimate of drug-likeness (QED) is 0.675. The Morgan fingerprint density at radius 3 is 2.92 bits per heavy atom. The first-order valence-electron chi connectivity index (χ1n) is 3.89. The lowest BCUT2D eigenvalue weighted by Crippen LogP contribution is -1.85. The van der Waals surface area contributed by atoms with Gasteiger partial charge in [-0.3, -0.25) is 4.98 Å². The Balaban J connectivity index is 2.92. The van der Waals surface area contributed by atoms with E-state index in [1.807, 2.05) is 25.3 Å². The summed E-state index contributed by atoms with van der Waals surface area (Å²) in [6.45, 7) is 2.04. The molecule has 1 heterocycles. The standard InChI is InChI=1S/C10H7ClIN/c1-6-2-3-9(11)8-4-7(12)5-13-10(6)8/h2-5H,1H3. The van der Waals surface area contributed by atoms with Gasteiger partial charge in [0.2, 0.25) is 0 Å². The first kappa shape index (κ1) is 9.21. The van der Waals surface area contributed by atoms with E-state index in [1.165, 1.54) is 0 Å². The summed E-state index contributed by atoms with van der Waals surface area (Å²) in [5.74, 6) is 0. The van der Waals surface area contributed by atoms with E-state index >= 15 is 0 Å². The lowest BCUT2D eigenvalue weighted by molar-refractivity contribution is 1.35. The first-order valence-corrected chi connectivity index (χ1v) is 5.34. The summed E-state index contributed by atoms with van der Waals surface area (Å²) in [5.41, 5.74) is 2.16. The number of rotatable bonds is 0. The summed E-state index contributed by atoms with van der Waals surface area (Å²) >= 11 is 8.29. The summed E-state index contributed by atoms with van der Waals surface area (Å²) in [6.07, 6.45) is 1.85. The predicted octanol–water partition coefficient (Wildman–Crippen LogP) is 3.80. The van der Waals surface area contributed by atoms with Crippen molar-refractivity contribution in [2.75, 3.05) is 0 Å². The number of hydrogen-bond acceptors (Lipinski definition) is 1. The summed E-state index contributed by atoms with van der Waals surface area (Å²) in [5, 5.41) is 1.81. The molecule has 66 valence electrons. The van der Waals surface area contributed by atoms with Crippen molar-refractivity contribution in [3.05, 3.63) is 38.6 Å². The van der Waals surface area contributed by atoms with Gasteiger partial charge in [-0.2, -0.15) is 0 Å². The number of aromatic nitrogens is 1. The Kier molecular flexibility index (Phi) is 2.43. The number of nitrogens with zero attached hydrogens (tertiary/aromatic N) is 1. The third kappa shape index (κ3) is 1.65. The van der Waals surface area contributed by atoms with Gasteiger partial charge in [-0.15, -0.1) is 0 Å². The van der Waals surface area contributed by atoms with E-state index in [1.54, 1.807) is 0 Å². The van der Waals surface area contributed by atoms with Crippen molar-refractivity contribution in [3.8, 4) is 0 Å². The van der Waals surface area contributed by atoms with Crippen molar-refractivity contribution in [1.29, 1.82) is 0 Å². The highest BCUT2D eigenvalue weighted by atomic mass is 127. The maximum atomic E-state index is 6.06. The molecule has 0 fully saturated rings. The molecule has 2 rings (SSSR count). The lowest BCUT2D eigenvalue weighted by Gasteiger charge is -2.02. The molecule has 13 heavy (non-hydrogen) atoms. The van der Waals surface area contributed by atoms with Crippen molar-refractivity contribution in [1.82, 2.24) is 4.98 Å². The fourth-order valence-corrected chi connectivity index (χ4v) is 1.96. The van der Waals surface area contributed by atoms with Gasteiger partial charge in [-0.25, -0.2) is 0 Å². The molecule has 3 heteroatoms. The summed E-state index contributed by atoms with van der Waals surface area (Å²) in [4.78, 5) is 4.35. The van der Waals surface area contributed by atoms with Gasteiger partial charge >= 0.3 is 0 Å². The molecule has 1 nitrogen and oxygen atoms in total. The van der Waals surface area contributed by atoms with Crippen LogP contribution in [0.4, 0.5) is 0 Å². The Morgan fingerprint density at radius 1 is 1.38 bits per heavy atom. The van der Waals surface area contributed by atoms with Crippen LogP contribution < -0.4 is 0 Å². The molecule has 1 aromatic heterocycles. The van der Waals surface area contributed by atoms with Crippen LogP contribution in [-0.2, 0) is 0 Å². The second kappa shape index (κ2) is 3.42. The van der Waals surface area contributed by atoms with E-state index in [0.717, 1.165) is 25.1 Å². The van der Waals surface area contributed by atoms with Crippen LogP contribution in [0, 0.1) is 10.5 Å². The fraction of sp³-hybridized carbons (Fsp3) is 0.100. The SMILES string of the molecule is Cc1ccc(Cl)c2cc(I)cnc12. The Hall–Kier alpha value is -0.350. The van der Waals surface area contributed by atoms with Crippen LogP contribution >= 0.6 is 34.2 Å². The minimum absolute atomic E-state index is 0.770. The Labute approximate surface area is 95.3 Å². The van der Waals surface area contributed by atoms with Crippen molar-refractivity contribution < 1.29 is 0 Å². The molecule has 0 atom stereocenters.